The van der Waals surface area contributed by atoms with E-state index < -0.39 is 11.9 Å². The number of halogens is 1. The maximum absolute atomic E-state index is 9.64. The summed E-state index contributed by atoms with van der Waals surface area (Å²) >= 11 is 6.63. The lowest BCUT2D eigenvalue weighted by Crippen LogP contribution is -2.16. The normalized spacial score (nSPS) is 12.7. The number of nitrogens with one attached hydrogen (secondary N) is 1. The Balaban J connectivity index is 0.000000312. The van der Waals surface area contributed by atoms with Crippen molar-refractivity contribution in [2.24, 2.45) is 0 Å². The second-order valence-corrected chi connectivity index (χ2v) is 7.95. The summed E-state index contributed by atoms with van der Waals surface area (Å²) in [5.74, 6) is -2.15. The Morgan fingerprint density at radius 3 is 2.09 bits per heavy atom. The number of carboxylic acids is 2. The fraction of sp³-hybridized carbons (Fsp3) is 0.231. The van der Waals surface area contributed by atoms with E-state index in [1.54, 1.807) is 0 Å². The van der Waals surface area contributed by atoms with Gasteiger partial charge in [-0.1, -0.05) is 66.2 Å². The lowest BCUT2D eigenvalue weighted by molar-refractivity contribution is -0.143. The Morgan fingerprint density at radius 1 is 0.781 bits per heavy atom. The van der Waals surface area contributed by atoms with Crippen molar-refractivity contribution < 1.29 is 19.8 Å². The Morgan fingerprint density at radius 2 is 1.41 bits per heavy atom. The molecule has 3 N–H and O–H groups in total. The predicted molar refractivity (Wildman–Crippen MR) is 127 cm³/mol. The van der Waals surface area contributed by atoms with Crippen molar-refractivity contribution in [1.82, 2.24) is 5.32 Å². The SMILES string of the molecule is Clc1ccc2c(c1-c1cccc(-c3ccccc3)c1)CCNCC2.O=C(O)CCC(=O)O. The van der Waals surface area contributed by atoms with Gasteiger partial charge in [0, 0.05) is 10.6 Å². The third-order valence-corrected chi connectivity index (χ3v) is 5.61. The third kappa shape index (κ3) is 6.42. The molecule has 0 spiro atoms. The lowest BCUT2D eigenvalue weighted by Gasteiger charge is -2.15. The maximum Gasteiger partial charge on any atom is 0.303 e. The van der Waals surface area contributed by atoms with Gasteiger partial charge >= 0.3 is 11.9 Å². The number of hydrogen-bond acceptors (Lipinski definition) is 3. The van der Waals surface area contributed by atoms with Crippen LogP contribution < -0.4 is 5.32 Å². The highest BCUT2D eigenvalue weighted by atomic mass is 35.5. The number of rotatable bonds is 5. The Kier molecular flexibility index (Phi) is 8.42. The molecule has 4 rings (SSSR count). The zero-order chi connectivity index (χ0) is 22.9. The van der Waals surface area contributed by atoms with Gasteiger partial charge in [-0.25, -0.2) is 0 Å². The molecule has 166 valence electrons. The Bertz CT molecular complexity index is 1070. The van der Waals surface area contributed by atoms with Crippen molar-refractivity contribution in [2.45, 2.75) is 25.7 Å². The monoisotopic (exact) mass is 451 g/mol. The minimum atomic E-state index is -1.08. The Hall–Kier alpha value is -3.15. The van der Waals surface area contributed by atoms with Crippen LogP contribution in [0.4, 0.5) is 0 Å². The van der Waals surface area contributed by atoms with Crippen LogP contribution in [-0.2, 0) is 22.4 Å². The van der Waals surface area contributed by atoms with E-state index in [0.29, 0.717) is 0 Å². The quantitative estimate of drug-likeness (QED) is 0.490. The van der Waals surface area contributed by atoms with Crippen molar-refractivity contribution in [3.05, 3.63) is 82.9 Å². The lowest BCUT2D eigenvalue weighted by atomic mass is 9.91. The largest absolute Gasteiger partial charge is 0.481 e. The molecule has 0 atom stereocenters. The van der Waals surface area contributed by atoms with E-state index in [-0.39, 0.29) is 12.8 Å². The minimum absolute atomic E-state index is 0.296. The highest BCUT2D eigenvalue weighted by molar-refractivity contribution is 6.33. The molecule has 5 nitrogen and oxygen atoms in total. The molecule has 0 bridgehead atoms. The number of carbonyl (C=O) groups is 2. The average molecular weight is 452 g/mol. The first kappa shape index (κ1) is 23.5. The molecule has 0 unspecified atom stereocenters. The van der Waals surface area contributed by atoms with Gasteiger partial charge in [0.25, 0.3) is 0 Å². The van der Waals surface area contributed by atoms with Gasteiger partial charge in [0.1, 0.15) is 0 Å². The van der Waals surface area contributed by atoms with Crippen LogP contribution in [-0.4, -0.2) is 35.2 Å². The summed E-state index contributed by atoms with van der Waals surface area (Å²) in [6.07, 6.45) is 1.50. The molecule has 0 saturated carbocycles. The third-order valence-electron chi connectivity index (χ3n) is 5.29. The van der Waals surface area contributed by atoms with Crippen LogP contribution in [0.15, 0.2) is 66.7 Å². The summed E-state index contributed by atoms with van der Waals surface area (Å²) in [7, 11) is 0. The number of benzene rings is 3. The fourth-order valence-electron chi connectivity index (χ4n) is 3.75. The number of aliphatic carboxylic acids is 2. The van der Waals surface area contributed by atoms with Gasteiger partial charge in [0.15, 0.2) is 0 Å². The summed E-state index contributed by atoms with van der Waals surface area (Å²) < 4.78 is 0. The van der Waals surface area contributed by atoms with Crippen LogP contribution in [0.25, 0.3) is 22.3 Å². The van der Waals surface area contributed by atoms with Crippen LogP contribution in [0, 0.1) is 0 Å². The molecule has 0 saturated heterocycles. The van der Waals surface area contributed by atoms with E-state index in [1.165, 1.54) is 33.4 Å². The molecule has 1 aliphatic rings. The predicted octanol–water partition coefficient (Wildman–Crippen LogP) is 5.30. The van der Waals surface area contributed by atoms with Gasteiger partial charge in [-0.15, -0.1) is 0 Å². The van der Waals surface area contributed by atoms with E-state index in [1.807, 2.05) is 6.07 Å². The summed E-state index contributed by atoms with van der Waals surface area (Å²) in [5, 5.41) is 20.1. The molecule has 0 fully saturated rings. The van der Waals surface area contributed by atoms with Crippen LogP contribution in [0.1, 0.15) is 24.0 Å². The van der Waals surface area contributed by atoms with Crippen molar-refractivity contribution in [1.29, 1.82) is 0 Å². The highest BCUT2D eigenvalue weighted by Crippen LogP contribution is 2.36. The fourth-order valence-corrected chi connectivity index (χ4v) is 4.04. The average Bonchev–Trinajstić information content (AvgIpc) is 3.04. The highest BCUT2D eigenvalue weighted by Gasteiger charge is 2.16. The van der Waals surface area contributed by atoms with Gasteiger partial charge in [-0.05, 0) is 65.9 Å². The van der Waals surface area contributed by atoms with Crippen LogP contribution in [0.2, 0.25) is 5.02 Å². The van der Waals surface area contributed by atoms with Gasteiger partial charge in [0.2, 0.25) is 0 Å². The van der Waals surface area contributed by atoms with Gasteiger partial charge < -0.3 is 15.5 Å². The van der Waals surface area contributed by atoms with Gasteiger partial charge in [-0.2, -0.15) is 0 Å². The number of fused-ring (bicyclic) bond motifs is 1. The molecule has 1 aliphatic heterocycles. The van der Waals surface area contributed by atoms with E-state index in [2.05, 4.69) is 66.0 Å². The van der Waals surface area contributed by atoms with Crippen molar-refractivity contribution in [2.75, 3.05) is 13.1 Å². The second-order valence-electron chi connectivity index (χ2n) is 7.54. The zero-order valence-electron chi connectivity index (χ0n) is 17.7. The first-order valence-corrected chi connectivity index (χ1v) is 10.9. The molecular weight excluding hydrogens is 426 g/mol. The zero-order valence-corrected chi connectivity index (χ0v) is 18.4. The first-order chi connectivity index (χ1) is 15.5. The molecule has 3 aromatic rings. The van der Waals surface area contributed by atoms with Crippen molar-refractivity contribution in [3.63, 3.8) is 0 Å². The molecule has 0 amide bonds. The summed E-state index contributed by atoms with van der Waals surface area (Å²) in [6.45, 7) is 2.05. The van der Waals surface area contributed by atoms with Crippen LogP contribution in [0.3, 0.4) is 0 Å². The maximum atomic E-state index is 9.64. The minimum Gasteiger partial charge on any atom is -0.481 e. The molecule has 0 aliphatic carbocycles. The topological polar surface area (TPSA) is 86.6 Å². The van der Waals surface area contributed by atoms with Crippen LogP contribution >= 0.6 is 11.6 Å². The molecule has 32 heavy (non-hydrogen) atoms. The second kappa shape index (κ2) is 11.5. The smallest absolute Gasteiger partial charge is 0.303 e. The first-order valence-electron chi connectivity index (χ1n) is 10.6. The molecule has 0 aromatic heterocycles. The van der Waals surface area contributed by atoms with Crippen molar-refractivity contribution in [3.8, 4) is 22.3 Å². The van der Waals surface area contributed by atoms with Crippen LogP contribution in [0.5, 0.6) is 0 Å². The van der Waals surface area contributed by atoms with E-state index in [0.717, 1.165) is 31.0 Å². The number of carboxylic acid groups (broad SMARTS) is 2. The standard InChI is InChI=1S/C22H20ClN.C4H6O4/c23-21-10-9-17-11-13-24-14-12-20(17)22(21)19-8-4-7-18(15-19)16-5-2-1-3-6-16;5-3(6)1-2-4(7)8/h1-10,15,24H,11-14H2;1-2H2,(H,5,6)(H,7,8). The molecule has 6 heteroatoms. The summed E-state index contributed by atoms with van der Waals surface area (Å²) in [4.78, 5) is 19.3. The van der Waals surface area contributed by atoms with Gasteiger partial charge in [-0.3, -0.25) is 9.59 Å². The summed E-state index contributed by atoms with van der Waals surface area (Å²) in [5.41, 5.74) is 7.70. The van der Waals surface area contributed by atoms with E-state index in [4.69, 9.17) is 21.8 Å². The molecule has 0 radical (unpaired) electrons. The van der Waals surface area contributed by atoms with E-state index >= 15 is 0 Å². The molecule has 3 aromatic carbocycles. The molecular formula is C26H26ClNO4. The number of hydrogen-bond donors (Lipinski definition) is 3. The van der Waals surface area contributed by atoms with Gasteiger partial charge in [0.05, 0.1) is 12.8 Å². The van der Waals surface area contributed by atoms with Crippen molar-refractivity contribution >= 4 is 23.5 Å². The molecule has 1 heterocycles. The Labute approximate surface area is 192 Å². The van der Waals surface area contributed by atoms with E-state index in [9.17, 15) is 9.59 Å². The summed E-state index contributed by atoms with van der Waals surface area (Å²) in [6, 6.07) is 23.5.